The van der Waals surface area contributed by atoms with Gasteiger partial charge in [0.1, 0.15) is 17.7 Å². The fourth-order valence-electron chi connectivity index (χ4n) is 2.46. The van der Waals surface area contributed by atoms with Crippen molar-refractivity contribution in [2.75, 3.05) is 25.1 Å². The normalized spacial score (nSPS) is 21.1. The average molecular weight is 323 g/mol. The van der Waals surface area contributed by atoms with E-state index in [4.69, 9.17) is 4.74 Å². The van der Waals surface area contributed by atoms with Crippen LogP contribution < -0.4 is 10.6 Å². The van der Waals surface area contributed by atoms with Crippen LogP contribution in [-0.4, -0.2) is 41.3 Å². The lowest BCUT2D eigenvalue weighted by atomic mass is 10.2. The fourth-order valence-corrected chi connectivity index (χ4v) is 2.46. The number of halogens is 2. The third kappa shape index (κ3) is 3.63. The highest BCUT2D eigenvalue weighted by atomic mass is 35.5. The zero-order valence-corrected chi connectivity index (χ0v) is 12.8. The van der Waals surface area contributed by atoms with Crippen molar-refractivity contribution in [1.29, 1.82) is 0 Å². The molecule has 0 bridgehead atoms. The molecular formula is C12H20Cl2N4O2. The zero-order valence-electron chi connectivity index (χ0n) is 11.1. The Morgan fingerprint density at radius 2 is 2.30 bits per heavy atom. The lowest BCUT2D eigenvalue weighted by Crippen LogP contribution is -2.49. The summed E-state index contributed by atoms with van der Waals surface area (Å²) in [6.07, 6.45) is 5.09. The second kappa shape index (κ2) is 7.83. The zero-order chi connectivity index (χ0) is 12.4. The molecule has 0 radical (unpaired) electrons. The summed E-state index contributed by atoms with van der Waals surface area (Å²) < 4.78 is 7.39. The Hall–Kier alpha value is -0.820. The molecule has 1 fully saturated rings. The van der Waals surface area contributed by atoms with E-state index in [0.29, 0.717) is 13.2 Å². The van der Waals surface area contributed by atoms with Gasteiger partial charge in [-0.15, -0.1) is 24.8 Å². The Morgan fingerprint density at radius 1 is 1.45 bits per heavy atom. The second-order valence-electron chi connectivity index (χ2n) is 4.74. The van der Waals surface area contributed by atoms with Gasteiger partial charge in [0, 0.05) is 19.5 Å². The second-order valence-corrected chi connectivity index (χ2v) is 4.74. The number of imidazole rings is 1. The van der Waals surface area contributed by atoms with Crippen LogP contribution in [0.5, 0.6) is 0 Å². The smallest absolute Gasteiger partial charge is 0.245 e. The van der Waals surface area contributed by atoms with Crippen LogP contribution in [0.2, 0.25) is 0 Å². The maximum atomic E-state index is 12.1. The molecule has 2 N–H and O–H groups in total. The van der Waals surface area contributed by atoms with E-state index in [-0.39, 0.29) is 36.8 Å². The number of anilines is 1. The van der Waals surface area contributed by atoms with Gasteiger partial charge < -0.3 is 19.9 Å². The van der Waals surface area contributed by atoms with Crippen LogP contribution >= 0.6 is 24.8 Å². The van der Waals surface area contributed by atoms with Crippen LogP contribution in [0.25, 0.3) is 0 Å². The summed E-state index contributed by atoms with van der Waals surface area (Å²) in [5.41, 5.74) is 0. The van der Waals surface area contributed by atoms with Crippen molar-refractivity contribution in [1.82, 2.24) is 14.9 Å². The summed E-state index contributed by atoms with van der Waals surface area (Å²) in [5, 5.41) is 6.08. The molecule has 1 amide bonds. The lowest BCUT2D eigenvalue weighted by Gasteiger charge is -2.23. The molecule has 2 aliphatic heterocycles. The number of carbonyl (C=O) groups is 1. The van der Waals surface area contributed by atoms with E-state index >= 15 is 0 Å². The molecule has 3 heterocycles. The standard InChI is InChI=1S/C12H18N4O2.2ClH/c17-12(9-8-18-6-4-13-9)15-11-7-14-10-3-1-2-5-16(10)11;;/h7,9,13H,1-6,8H2,(H,15,17);2*1H. The lowest BCUT2D eigenvalue weighted by molar-refractivity contribution is -0.120. The molecule has 1 unspecified atom stereocenters. The number of hydrogen-bond acceptors (Lipinski definition) is 4. The quantitative estimate of drug-likeness (QED) is 0.852. The number of hydrogen-bond donors (Lipinski definition) is 2. The van der Waals surface area contributed by atoms with E-state index in [1.54, 1.807) is 6.20 Å². The topological polar surface area (TPSA) is 68.2 Å². The van der Waals surface area contributed by atoms with Crippen LogP contribution in [-0.2, 0) is 22.5 Å². The highest BCUT2D eigenvalue weighted by Gasteiger charge is 2.23. The van der Waals surface area contributed by atoms with Gasteiger partial charge in [0.15, 0.2) is 0 Å². The highest BCUT2D eigenvalue weighted by Crippen LogP contribution is 2.19. The molecule has 20 heavy (non-hydrogen) atoms. The van der Waals surface area contributed by atoms with Gasteiger partial charge in [0.25, 0.3) is 0 Å². The van der Waals surface area contributed by atoms with Crippen molar-refractivity contribution in [3.8, 4) is 0 Å². The summed E-state index contributed by atoms with van der Waals surface area (Å²) in [4.78, 5) is 16.4. The monoisotopic (exact) mass is 322 g/mol. The Balaban J connectivity index is 0.000001000. The maximum absolute atomic E-state index is 12.1. The molecule has 0 aromatic carbocycles. The van der Waals surface area contributed by atoms with Gasteiger partial charge in [0.05, 0.1) is 19.4 Å². The van der Waals surface area contributed by atoms with Crippen molar-refractivity contribution in [3.63, 3.8) is 0 Å². The Labute approximate surface area is 130 Å². The van der Waals surface area contributed by atoms with E-state index in [2.05, 4.69) is 20.2 Å². The molecule has 3 rings (SSSR count). The van der Waals surface area contributed by atoms with Crippen molar-refractivity contribution in [2.45, 2.75) is 31.8 Å². The van der Waals surface area contributed by atoms with Crippen LogP contribution in [0.3, 0.4) is 0 Å². The van der Waals surface area contributed by atoms with E-state index in [0.717, 1.165) is 37.6 Å². The first-order valence-electron chi connectivity index (χ1n) is 6.51. The largest absolute Gasteiger partial charge is 0.378 e. The molecule has 1 atom stereocenters. The molecule has 114 valence electrons. The van der Waals surface area contributed by atoms with Crippen molar-refractivity contribution < 1.29 is 9.53 Å². The highest BCUT2D eigenvalue weighted by molar-refractivity contribution is 5.94. The molecule has 2 aliphatic rings. The number of amides is 1. The molecule has 6 nitrogen and oxygen atoms in total. The van der Waals surface area contributed by atoms with Gasteiger partial charge in [-0.05, 0) is 12.8 Å². The van der Waals surface area contributed by atoms with Gasteiger partial charge in [-0.3, -0.25) is 4.79 Å². The predicted molar refractivity (Wildman–Crippen MR) is 80.9 cm³/mol. The van der Waals surface area contributed by atoms with Crippen molar-refractivity contribution >= 4 is 36.5 Å². The first-order chi connectivity index (χ1) is 8.84. The third-order valence-corrected chi connectivity index (χ3v) is 3.46. The maximum Gasteiger partial charge on any atom is 0.245 e. The third-order valence-electron chi connectivity index (χ3n) is 3.46. The minimum atomic E-state index is -0.256. The summed E-state index contributed by atoms with van der Waals surface area (Å²) >= 11 is 0. The summed E-state index contributed by atoms with van der Waals surface area (Å²) in [7, 11) is 0. The molecule has 0 spiro atoms. The van der Waals surface area contributed by atoms with Gasteiger partial charge in [-0.2, -0.15) is 0 Å². The Kier molecular flexibility index (Phi) is 6.75. The minimum Gasteiger partial charge on any atom is -0.378 e. The van der Waals surface area contributed by atoms with Gasteiger partial charge >= 0.3 is 0 Å². The minimum absolute atomic E-state index is 0. The number of aryl methyl sites for hydroxylation is 1. The fraction of sp³-hybridized carbons (Fsp3) is 0.667. The van der Waals surface area contributed by atoms with E-state index in [1.807, 2.05) is 0 Å². The van der Waals surface area contributed by atoms with Gasteiger partial charge in [-0.1, -0.05) is 0 Å². The van der Waals surface area contributed by atoms with Gasteiger partial charge in [-0.25, -0.2) is 4.98 Å². The summed E-state index contributed by atoms with van der Waals surface area (Å²) in [6.45, 7) is 2.78. The molecule has 0 saturated carbocycles. The molecule has 8 heteroatoms. The van der Waals surface area contributed by atoms with E-state index in [9.17, 15) is 4.79 Å². The molecule has 1 aromatic heterocycles. The molecule has 0 aliphatic carbocycles. The number of rotatable bonds is 2. The number of fused-ring (bicyclic) bond motifs is 1. The van der Waals surface area contributed by atoms with Gasteiger partial charge in [0.2, 0.25) is 5.91 Å². The van der Waals surface area contributed by atoms with Crippen molar-refractivity contribution in [2.24, 2.45) is 0 Å². The number of carbonyl (C=O) groups excluding carboxylic acids is 1. The number of nitrogens with zero attached hydrogens (tertiary/aromatic N) is 2. The number of morpholine rings is 1. The van der Waals surface area contributed by atoms with Crippen molar-refractivity contribution in [3.05, 3.63) is 12.0 Å². The average Bonchev–Trinajstić information content (AvgIpc) is 2.83. The number of aromatic nitrogens is 2. The predicted octanol–water partition coefficient (Wildman–Crippen LogP) is 0.990. The first-order valence-corrected chi connectivity index (χ1v) is 6.51. The van der Waals surface area contributed by atoms with Crippen LogP contribution in [0.1, 0.15) is 18.7 Å². The Bertz CT molecular complexity index is 447. The van der Waals surface area contributed by atoms with Crippen LogP contribution in [0.15, 0.2) is 6.20 Å². The Morgan fingerprint density at radius 3 is 3.05 bits per heavy atom. The first kappa shape index (κ1) is 17.2. The van der Waals surface area contributed by atoms with Crippen LogP contribution in [0, 0.1) is 0 Å². The SMILES string of the molecule is Cl.Cl.O=C(Nc1cnc2n1CCCC2)C1COCCN1. The summed E-state index contributed by atoms with van der Waals surface area (Å²) in [6, 6.07) is -0.256. The van der Waals surface area contributed by atoms with Crippen LogP contribution in [0.4, 0.5) is 5.82 Å². The molecule has 1 aromatic rings. The molecular weight excluding hydrogens is 303 g/mol. The molecule has 1 saturated heterocycles. The van der Waals surface area contributed by atoms with E-state index < -0.39 is 0 Å². The number of nitrogens with one attached hydrogen (secondary N) is 2. The number of ether oxygens (including phenoxy) is 1. The summed E-state index contributed by atoms with van der Waals surface area (Å²) in [5.74, 6) is 1.84. The van der Waals surface area contributed by atoms with E-state index in [1.165, 1.54) is 6.42 Å².